The molecular formula is C13H26N2O2. The molecule has 100 valence electrons. The molecule has 1 rings (SSSR count). The summed E-state index contributed by atoms with van der Waals surface area (Å²) in [4.78, 5) is 14.3. The Balaban J connectivity index is 2.76. The van der Waals surface area contributed by atoms with Gasteiger partial charge in [0.25, 0.3) is 0 Å². The van der Waals surface area contributed by atoms with E-state index in [4.69, 9.17) is 4.74 Å². The van der Waals surface area contributed by atoms with Gasteiger partial charge in [-0.1, -0.05) is 20.8 Å². The van der Waals surface area contributed by atoms with E-state index in [9.17, 15) is 4.79 Å². The van der Waals surface area contributed by atoms with E-state index in [0.717, 1.165) is 12.8 Å². The predicted octanol–water partition coefficient (Wildman–Crippen LogP) is 1.61. The SMILES string of the molecule is CCC1(C)NC(CC(C)C)N(CCOC)C1=O. The van der Waals surface area contributed by atoms with Crippen molar-refractivity contribution in [1.82, 2.24) is 10.2 Å². The summed E-state index contributed by atoms with van der Waals surface area (Å²) in [6.45, 7) is 9.69. The van der Waals surface area contributed by atoms with E-state index in [2.05, 4.69) is 26.1 Å². The molecule has 0 bridgehead atoms. The van der Waals surface area contributed by atoms with Gasteiger partial charge in [-0.15, -0.1) is 0 Å². The van der Waals surface area contributed by atoms with Crippen LogP contribution in [0, 0.1) is 5.92 Å². The van der Waals surface area contributed by atoms with Gasteiger partial charge >= 0.3 is 0 Å². The van der Waals surface area contributed by atoms with E-state index in [1.54, 1.807) is 7.11 Å². The predicted molar refractivity (Wildman–Crippen MR) is 68.7 cm³/mol. The zero-order valence-corrected chi connectivity index (χ0v) is 11.7. The van der Waals surface area contributed by atoms with E-state index in [1.807, 2.05) is 11.8 Å². The number of hydrogen-bond acceptors (Lipinski definition) is 3. The van der Waals surface area contributed by atoms with E-state index < -0.39 is 5.54 Å². The minimum atomic E-state index is -0.396. The number of amides is 1. The largest absolute Gasteiger partial charge is 0.383 e. The van der Waals surface area contributed by atoms with Crippen LogP contribution in [-0.4, -0.2) is 42.8 Å². The molecule has 1 fully saturated rings. The lowest BCUT2D eigenvalue weighted by Crippen LogP contribution is -2.44. The summed E-state index contributed by atoms with van der Waals surface area (Å²) in [5.74, 6) is 0.784. The first-order chi connectivity index (χ1) is 7.94. The van der Waals surface area contributed by atoms with Crippen molar-refractivity contribution in [3.8, 4) is 0 Å². The highest BCUT2D eigenvalue weighted by Crippen LogP contribution is 2.26. The maximum absolute atomic E-state index is 12.4. The van der Waals surface area contributed by atoms with Crippen LogP contribution in [0.25, 0.3) is 0 Å². The third-order valence-electron chi connectivity index (χ3n) is 3.53. The highest BCUT2D eigenvalue weighted by molar-refractivity contribution is 5.88. The molecule has 0 aromatic rings. The first kappa shape index (κ1) is 14.5. The summed E-state index contributed by atoms with van der Waals surface area (Å²) in [7, 11) is 1.67. The molecule has 2 unspecified atom stereocenters. The summed E-state index contributed by atoms with van der Waals surface area (Å²) >= 11 is 0. The third-order valence-corrected chi connectivity index (χ3v) is 3.53. The monoisotopic (exact) mass is 242 g/mol. The van der Waals surface area contributed by atoms with Crippen molar-refractivity contribution >= 4 is 5.91 Å². The third kappa shape index (κ3) is 3.19. The number of ether oxygens (including phenoxy) is 1. The number of rotatable bonds is 6. The molecule has 1 aliphatic rings. The number of nitrogens with one attached hydrogen (secondary N) is 1. The normalized spacial score (nSPS) is 29.4. The lowest BCUT2D eigenvalue weighted by atomic mass is 9.99. The Kier molecular flexibility index (Phi) is 4.95. The minimum Gasteiger partial charge on any atom is -0.383 e. The first-order valence-corrected chi connectivity index (χ1v) is 6.52. The quantitative estimate of drug-likeness (QED) is 0.769. The Morgan fingerprint density at radius 2 is 2.18 bits per heavy atom. The summed E-state index contributed by atoms with van der Waals surface area (Å²) in [6, 6.07) is 0. The van der Waals surface area contributed by atoms with Crippen LogP contribution in [0.3, 0.4) is 0 Å². The molecule has 4 nitrogen and oxygen atoms in total. The Bertz CT molecular complexity index is 268. The number of carbonyl (C=O) groups is 1. The van der Waals surface area contributed by atoms with Gasteiger partial charge in [-0.2, -0.15) is 0 Å². The lowest BCUT2D eigenvalue weighted by molar-refractivity contribution is -0.133. The second kappa shape index (κ2) is 5.83. The van der Waals surface area contributed by atoms with Gasteiger partial charge in [0.2, 0.25) is 5.91 Å². The van der Waals surface area contributed by atoms with E-state index in [1.165, 1.54) is 0 Å². The molecular weight excluding hydrogens is 216 g/mol. The average molecular weight is 242 g/mol. The Hall–Kier alpha value is -0.610. The molecule has 17 heavy (non-hydrogen) atoms. The van der Waals surface area contributed by atoms with Gasteiger partial charge in [0.1, 0.15) is 0 Å². The van der Waals surface area contributed by atoms with Crippen LogP contribution >= 0.6 is 0 Å². The molecule has 4 heteroatoms. The fourth-order valence-electron chi connectivity index (χ4n) is 2.30. The van der Waals surface area contributed by atoms with Gasteiger partial charge in [0.15, 0.2) is 0 Å². The first-order valence-electron chi connectivity index (χ1n) is 6.52. The van der Waals surface area contributed by atoms with E-state index >= 15 is 0 Å². The van der Waals surface area contributed by atoms with Crippen LogP contribution in [0.1, 0.15) is 40.5 Å². The van der Waals surface area contributed by atoms with Crippen LogP contribution in [0.5, 0.6) is 0 Å². The van der Waals surface area contributed by atoms with Crippen LogP contribution in [0.2, 0.25) is 0 Å². The highest BCUT2D eigenvalue weighted by atomic mass is 16.5. The molecule has 1 aliphatic heterocycles. The molecule has 1 heterocycles. The van der Waals surface area contributed by atoms with Crippen molar-refractivity contribution in [2.75, 3.05) is 20.3 Å². The molecule has 0 aliphatic carbocycles. The van der Waals surface area contributed by atoms with Crippen molar-refractivity contribution in [2.45, 2.75) is 52.2 Å². The van der Waals surface area contributed by atoms with Crippen molar-refractivity contribution in [3.05, 3.63) is 0 Å². The summed E-state index contributed by atoms with van der Waals surface area (Å²) in [6.07, 6.45) is 1.97. The van der Waals surface area contributed by atoms with Crippen LogP contribution in [-0.2, 0) is 9.53 Å². The number of hydrogen-bond donors (Lipinski definition) is 1. The zero-order chi connectivity index (χ0) is 13.1. The molecule has 1 N–H and O–H groups in total. The number of carbonyl (C=O) groups excluding carboxylic acids is 1. The van der Waals surface area contributed by atoms with Crippen molar-refractivity contribution in [3.63, 3.8) is 0 Å². The lowest BCUT2D eigenvalue weighted by Gasteiger charge is -2.25. The van der Waals surface area contributed by atoms with Gasteiger partial charge < -0.3 is 9.64 Å². The van der Waals surface area contributed by atoms with E-state index in [0.29, 0.717) is 19.1 Å². The molecule has 1 amide bonds. The Morgan fingerprint density at radius 3 is 2.65 bits per heavy atom. The maximum Gasteiger partial charge on any atom is 0.243 e. The van der Waals surface area contributed by atoms with Gasteiger partial charge in [-0.05, 0) is 25.7 Å². The fourth-order valence-corrected chi connectivity index (χ4v) is 2.30. The van der Waals surface area contributed by atoms with E-state index in [-0.39, 0.29) is 12.1 Å². The second-order valence-corrected chi connectivity index (χ2v) is 5.47. The summed E-state index contributed by atoms with van der Waals surface area (Å²) < 4.78 is 5.09. The summed E-state index contributed by atoms with van der Waals surface area (Å²) in [5, 5.41) is 3.48. The van der Waals surface area contributed by atoms with Gasteiger partial charge in [-0.3, -0.25) is 10.1 Å². The molecule has 0 aromatic carbocycles. The molecule has 0 aromatic heterocycles. The maximum atomic E-state index is 12.4. The summed E-state index contributed by atoms with van der Waals surface area (Å²) in [5.41, 5.74) is -0.396. The smallest absolute Gasteiger partial charge is 0.243 e. The molecule has 0 spiro atoms. The molecule has 1 saturated heterocycles. The minimum absolute atomic E-state index is 0.155. The van der Waals surface area contributed by atoms with Crippen molar-refractivity contribution < 1.29 is 9.53 Å². The van der Waals surface area contributed by atoms with Gasteiger partial charge in [0, 0.05) is 13.7 Å². The van der Waals surface area contributed by atoms with Crippen LogP contribution in [0.15, 0.2) is 0 Å². The van der Waals surface area contributed by atoms with Gasteiger partial charge in [-0.25, -0.2) is 0 Å². The highest BCUT2D eigenvalue weighted by Gasteiger charge is 2.46. The standard InChI is InChI=1S/C13H26N2O2/c1-6-13(4)12(16)15(7-8-17-5)11(14-13)9-10(2)3/h10-11,14H,6-9H2,1-5H3. The zero-order valence-electron chi connectivity index (χ0n) is 11.7. The van der Waals surface area contributed by atoms with Gasteiger partial charge in [0.05, 0.1) is 18.3 Å². The second-order valence-electron chi connectivity index (χ2n) is 5.47. The average Bonchev–Trinajstić information content (AvgIpc) is 2.49. The fraction of sp³-hybridized carbons (Fsp3) is 0.923. The topological polar surface area (TPSA) is 41.6 Å². The van der Waals surface area contributed by atoms with Crippen molar-refractivity contribution in [1.29, 1.82) is 0 Å². The number of methoxy groups -OCH3 is 1. The van der Waals surface area contributed by atoms with Crippen LogP contribution < -0.4 is 5.32 Å². The molecule has 0 radical (unpaired) electrons. The van der Waals surface area contributed by atoms with Crippen molar-refractivity contribution in [2.24, 2.45) is 5.92 Å². The number of nitrogens with zero attached hydrogens (tertiary/aromatic N) is 1. The Labute approximate surface area is 105 Å². The Morgan fingerprint density at radius 1 is 1.53 bits per heavy atom. The molecule has 0 saturated carbocycles. The molecule has 2 atom stereocenters. The van der Waals surface area contributed by atoms with Crippen LogP contribution in [0.4, 0.5) is 0 Å².